The fourth-order valence-corrected chi connectivity index (χ4v) is 2.15. The highest BCUT2D eigenvalue weighted by molar-refractivity contribution is 9.10. The van der Waals surface area contributed by atoms with Crippen LogP contribution < -0.4 is 10.6 Å². The highest BCUT2D eigenvalue weighted by Crippen LogP contribution is 2.10. The van der Waals surface area contributed by atoms with E-state index in [1.807, 2.05) is 12.1 Å². The number of carbonyl (C=O) groups excluding carboxylic acids is 1. The van der Waals surface area contributed by atoms with Crippen molar-refractivity contribution in [2.75, 3.05) is 26.2 Å². The first kappa shape index (κ1) is 17.1. The average Bonchev–Trinajstić information content (AvgIpc) is 2.44. The van der Waals surface area contributed by atoms with Gasteiger partial charge in [-0.3, -0.25) is 10.1 Å². The highest BCUT2D eigenvalue weighted by atomic mass is 79.9. The topological polar surface area (TPSA) is 44.4 Å². The van der Waals surface area contributed by atoms with Crippen molar-refractivity contribution in [1.82, 2.24) is 15.5 Å². The summed E-state index contributed by atoms with van der Waals surface area (Å²) in [4.78, 5) is 14.2. The molecule has 0 saturated heterocycles. The molecule has 0 unspecified atom stereocenters. The third kappa shape index (κ3) is 5.98. The molecule has 0 bridgehead atoms. The van der Waals surface area contributed by atoms with E-state index in [0.717, 1.165) is 30.7 Å². The second-order valence-corrected chi connectivity index (χ2v) is 5.57. The standard InChI is InChI=1S/C14H20BrN3OS/c1-3-18(4-2)10-9-16-14(20)17-13(19)11-5-7-12(15)8-6-11/h5-8H,3-4,9-10H2,1-2H3,(H2,16,17,19,20). The second-order valence-electron chi connectivity index (χ2n) is 4.24. The highest BCUT2D eigenvalue weighted by Gasteiger charge is 2.07. The maximum atomic E-state index is 11.9. The lowest BCUT2D eigenvalue weighted by molar-refractivity contribution is 0.0976. The van der Waals surface area contributed by atoms with Crippen molar-refractivity contribution in [3.63, 3.8) is 0 Å². The van der Waals surface area contributed by atoms with E-state index in [0.29, 0.717) is 10.7 Å². The van der Waals surface area contributed by atoms with Gasteiger partial charge in [0.1, 0.15) is 0 Å². The largest absolute Gasteiger partial charge is 0.361 e. The molecule has 6 heteroatoms. The molecule has 1 aromatic carbocycles. The summed E-state index contributed by atoms with van der Waals surface area (Å²) in [6.07, 6.45) is 0. The van der Waals surface area contributed by atoms with Crippen molar-refractivity contribution >= 4 is 39.2 Å². The molecule has 0 heterocycles. The van der Waals surface area contributed by atoms with Gasteiger partial charge < -0.3 is 10.2 Å². The number of hydrogen-bond donors (Lipinski definition) is 2. The summed E-state index contributed by atoms with van der Waals surface area (Å²) in [6.45, 7) is 7.89. The summed E-state index contributed by atoms with van der Waals surface area (Å²) in [6, 6.07) is 7.15. The molecule has 1 amide bonds. The van der Waals surface area contributed by atoms with Crippen LogP contribution in [0.15, 0.2) is 28.7 Å². The molecule has 0 aliphatic carbocycles. The van der Waals surface area contributed by atoms with Crippen molar-refractivity contribution in [2.24, 2.45) is 0 Å². The maximum absolute atomic E-state index is 11.9. The summed E-state index contributed by atoms with van der Waals surface area (Å²) in [5.74, 6) is -0.196. The van der Waals surface area contributed by atoms with Crippen LogP contribution in [0, 0.1) is 0 Å². The Morgan fingerprint density at radius 3 is 2.40 bits per heavy atom. The molecule has 0 spiro atoms. The van der Waals surface area contributed by atoms with Gasteiger partial charge in [0.05, 0.1) is 0 Å². The van der Waals surface area contributed by atoms with Crippen molar-refractivity contribution in [3.8, 4) is 0 Å². The smallest absolute Gasteiger partial charge is 0.257 e. The van der Waals surface area contributed by atoms with Crippen molar-refractivity contribution in [3.05, 3.63) is 34.3 Å². The van der Waals surface area contributed by atoms with Crippen LogP contribution in [0.5, 0.6) is 0 Å². The van der Waals surface area contributed by atoms with E-state index in [4.69, 9.17) is 12.2 Å². The molecular formula is C14H20BrN3OS. The molecule has 1 aromatic rings. The molecule has 0 aliphatic rings. The van der Waals surface area contributed by atoms with Gasteiger partial charge in [-0.15, -0.1) is 0 Å². The Morgan fingerprint density at radius 2 is 1.85 bits per heavy atom. The number of rotatable bonds is 6. The summed E-state index contributed by atoms with van der Waals surface area (Å²) < 4.78 is 0.939. The number of likely N-dealkylation sites (N-methyl/N-ethyl adjacent to an activating group) is 1. The van der Waals surface area contributed by atoms with E-state index < -0.39 is 0 Å². The van der Waals surface area contributed by atoms with Gasteiger partial charge in [0.15, 0.2) is 5.11 Å². The summed E-state index contributed by atoms with van der Waals surface area (Å²) in [5, 5.41) is 6.08. The number of nitrogens with one attached hydrogen (secondary N) is 2. The minimum Gasteiger partial charge on any atom is -0.361 e. The molecule has 2 N–H and O–H groups in total. The Bertz CT molecular complexity index is 446. The van der Waals surface area contributed by atoms with E-state index in [-0.39, 0.29) is 5.91 Å². The van der Waals surface area contributed by atoms with Gasteiger partial charge in [-0.25, -0.2) is 0 Å². The fourth-order valence-electron chi connectivity index (χ4n) is 1.69. The first-order valence-corrected chi connectivity index (χ1v) is 7.84. The van der Waals surface area contributed by atoms with Gasteiger partial charge >= 0.3 is 0 Å². The van der Waals surface area contributed by atoms with Crippen LogP contribution in [0.1, 0.15) is 24.2 Å². The summed E-state index contributed by atoms with van der Waals surface area (Å²) >= 11 is 8.44. The normalized spacial score (nSPS) is 10.4. The third-order valence-corrected chi connectivity index (χ3v) is 3.72. The molecule has 0 radical (unpaired) electrons. The number of hydrogen-bond acceptors (Lipinski definition) is 3. The number of benzene rings is 1. The zero-order chi connectivity index (χ0) is 15.0. The molecular weight excluding hydrogens is 338 g/mol. The third-order valence-electron chi connectivity index (χ3n) is 2.94. The first-order chi connectivity index (χ1) is 9.56. The van der Waals surface area contributed by atoms with Crippen LogP contribution in [0.4, 0.5) is 0 Å². The number of carbonyl (C=O) groups is 1. The Labute approximate surface area is 134 Å². The van der Waals surface area contributed by atoms with Gasteiger partial charge in [-0.2, -0.15) is 0 Å². The first-order valence-electron chi connectivity index (χ1n) is 6.64. The molecule has 0 aromatic heterocycles. The van der Waals surface area contributed by atoms with Gasteiger partial charge in [-0.05, 0) is 49.6 Å². The Morgan fingerprint density at radius 1 is 1.25 bits per heavy atom. The predicted octanol–water partition coefficient (Wildman–Crippen LogP) is 2.40. The lowest BCUT2D eigenvalue weighted by Gasteiger charge is -2.18. The van der Waals surface area contributed by atoms with Gasteiger partial charge in [0.25, 0.3) is 5.91 Å². The summed E-state index contributed by atoms with van der Waals surface area (Å²) in [5.41, 5.74) is 0.584. The average molecular weight is 358 g/mol. The number of amides is 1. The summed E-state index contributed by atoms with van der Waals surface area (Å²) in [7, 11) is 0. The van der Waals surface area contributed by atoms with E-state index in [9.17, 15) is 4.79 Å². The van der Waals surface area contributed by atoms with Crippen LogP contribution in [0.3, 0.4) is 0 Å². The minimum absolute atomic E-state index is 0.196. The van der Waals surface area contributed by atoms with Crippen molar-refractivity contribution < 1.29 is 4.79 Å². The molecule has 20 heavy (non-hydrogen) atoms. The molecule has 4 nitrogen and oxygen atoms in total. The number of halogens is 1. The van der Waals surface area contributed by atoms with Gasteiger partial charge in [-0.1, -0.05) is 29.8 Å². The van der Waals surface area contributed by atoms with Gasteiger partial charge in [0.2, 0.25) is 0 Å². The van der Waals surface area contributed by atoms with Crippen LogP contribution in [0.25, 0.3) is 0 Å². The number of thiocarbonyl (C=S) groups is 1. The van der Waals surface area contributed by atoms with E-state index in [2.05, 4.69) is 45.3 Å². The molecule has 0 saturated carbocycles. The van der Waals surface area contributed by atoms with Crippen molar-refractivity contribution in [1.29, 1.82) is 0 Å². The lowest BCUT2D eigenvalue weighted by atomic mass is 10.2. The van der Waals surface area contributed by atoms with Crippen LogP contribution in [0.2, 0.25) is 0 Å². The minimum atomic E-state index is -0.196. The zero-order valence-electron chi connectivity index (χ0n) is 11.8. The predicted molar refractivity (Wildman–Crippen MR) is 90.0 cm³/mol. The molecule has 0 atom stereocenters. The second kappa shape index (κ2) is 9.05. The lowest BCUT2D eigenvalue weighted by Crippen LogP contribution is -2.42. The molecule has 0 fully saturated rings. The quantitative estimate of drug-likeness (QED) is 0.767. The van der Waals surface area contributed by atoms with Crippen LogP contribution >= 0.6 is 28.1 Å². The van der Waals surface area contributed by atoms with Crippen LogP contribution in [-0.2, 0) is 0 Å². The number of nitrogens with zero attached hydrogens (tertiary/aromatic N) is 1. The SMILES string of the molecule is CCN(CC)CCNC(=S)NC(=O)c1ccc(Br)cc1. The van der Waals surface area contributed by atoms with E-state index in [1.54, 1.807) is 12.1 Å². The molecule has 1 rings (SSSR count). The molecule has 0 aliphatic heterocycles. The van der Waals surface area contributed by atoms with E-state index >= 15 is 0 Å². The monoisotopic (exact) mass is 357 g/mol. The Balaban J connectivity index is 2.35. The van der Waals surface area contributed by atoms with Gasteiger partial charge in [0, 0.05) is 23.1 Å². The Kier molecular flexibility index (Phi) is 7.72. The molecule has 110 valence electrons. The Hall–Kier alpha value is -0.980. The fraction of sp³-hybridized carbons (Fsp3) is 0.429. The van der Waals surface area contributed by atoms with E-state index in [1.165, 1.54) is 0 Å². The van der Waals surface area contributed by atoms with Crippen LogP contribution in [-0.4, -0.2) is 42.1 Å². The maximum Gasteiger partial charge on any atom is 0.257 e. The zero-order valence-corrected chi connectivity index (χ0v) is 14.2. The van der Waals surface area contributed by atoms with Crippen molar-refractivity contribution in [2.45, 2.75) is 13.8 Å².